The first-order chi connectivity index (χ1) is 7.98. The molecule has 0 saturated heterocycles. The molecule has 0 unspecified atom stereocenters. The van der Waals surface area contributed by atoms with Gasteiger partial charge in [-0.3, -0.25) is 0 Å². The fourth-order valence-electron chi connectivity index (χ4n) is 1.64. The molecule has 0 rings (SSSR count). The van der Waals surface area contributed by atoms with Gasteiger partial charge < -0.3 is 5.32 Å². The molecule has 0 bridgehead atoms. The summed E-state index contributed by atoms with van der Waals surface area (Å²) in [6, 6.07) is 0. The van der Waals surface area contributed by atoms with Gasteiger partial charge in [0.2, 0.25) is 0 Å². The maximum Gasteiger partial charge on any atom is 0.150 e. The second kappa shape index (κ2) is 9.89. The van der Waals surface area contributed by atoms with E-state index in [0.29, 0.717) is 17.4 Å². The van der Waals surface area contributed by atoms with Crippen LogP contribution in [0.1, 0.15) is 52.9 Å². The van der Waals surface area contributed by atoms with Gasteiger partial charge in [0.15, 0.2) is 0 Å². The van der Waals surface area contributed by atoms with Gasteiger partial charge in [0.05, 0.1) is 11.5 Å². The minimum Gasteiger partial charge on any atom is -0.316 e. The zero-order chi connectivity index (χ0) is 13.1. The molecule has 3 nitrogen and oxygen atoms in total. The Labute approximate surface area is 107 Å². The molecule has 0 saturated carbocycles. The van der Waals surface area contributed by atoms with Crippen LogP contribution in [-0.4, -0.2) is 33.0 Å². The fourth-order valence-corrected chi connectivity index (χ4v) is 3.13. The van der Waals surface area contributed by atoms with Crippen LogP contribution in [0, 0.1) is 5.92 Å². The van der Waals surface area contributed by atoms with Crippen molar-refractivity contribution in [3.8, 4) is 0 Å². The lowest BCUT2D eigenvalue weighted by Gasteiger charge is -2.07. The molecule has 0 aliphatic carbocycles. The maximum atomic E-state index is 11.6. The summed E-state index contributed by atoms with van der Waals surface area (Å²) < 4.78 is 23.3. The standard InChI is InChI=1S/C13H29NO2S/c1-4-5-7-10-17(15,16)11-8-6-9-14-12-13(2)3/h13-14H,4-12H2,1-3H3. The van der Waals surface area contributed by atoms with E-state index >= 15 is 0 Å². The van der Waals surface area contributed by atoms with E-state index in [0.717, 1.165) is 45.2 Å². The SMILES string of the molecule is CCCCCS(=O)(=O)CCCCNCC(C)C. The summed E-state index contributed by atoms with van der Waals surface area (Å²) in [7, 11) is -2.79. The van der Waals surface area contributed by atoms with E-state index in [1.54, 1.807) is 0 Å². The number of hydrogen-bond donors (Lipinski definition) is 1. The van der Waals surface area contributed by atoms with E-state index in [1.807, 2.05) is 0 Å². The molecule has 0 atom stereocenters. The molecule has 1 N–H and O–H groups in total. The minimum atomic E-state index is -2.79. The fraction of sp³-hybridized carbons (Fsp3) is 1.00. The van der Waals surface area contributed by atoms with Crippen molar-refractivity contribution in [3.63, 3.8) is 0 Å². The number of sulfone groups is 1. The number of unbranched alkanes of at least 4 members (excludes halogenated alkanes) is 3. The van der Waals surface area contributed by atoms with Crippen LogP contribution in [-0.2, 0) is 9.84 Å². The van der Waals surface area contributed by atoms with E-state index in [1.165, 1.54) is 0 Å². The first-order valence-corrected chi connectivity index (χ1v) is 8.71. The molecule has 104 valence electrons. The molecule has 0 aromatic carbocycles. The molecule has 0 fully saturated rings. The van der Waals surface area contributed by atoms with Crippen LogP contribution in [0.15, 0.2) is 0 Å². The molecule has 0 radical (unpaired) electrons. The van der Waals surface area contributed by atoms with Crippen molar-refractivity contribution < 1.29 is 8.42 Å². The molecule has 17 heavy (non-hydrogen) atoms. The summed E-state index contributed by atoms with van der Waals surface area (Å²) in [5.74, 6) is 1.40. The molecular formula is C13H29NO2S. The molecule has 0 aliphatic heterocycles. The number of nitrogens with one attached hydrogen (secondary N) is 1. The highest BCUT2D eigenvalue weighted by Crippen LogP contribution is 2.03. The largest absolute Gasteiger partial charge is 0.316 e. The lowest BCUT2D eigenvalue weighted by molar-refractivity contribution is 0.538. The molecule has 0 spiro atoms. The quantitative estimate of drug-likeness (QED) is 0.583. The zero-order valence-electron chi connectivity index (χ0n) is 11.7. The third-order valence-electron chi connectivity index (χ3n) is 2.67. The van der Waals surface area contributed by atoms with Crippen LogP contribution in [0.3, 0.4) is 0 Å². The Morgan fingerprint density at radius 1 is 1.00 bits per heavy atom. The van der Waals surface area contributed by atoms with Gasteiger partial charge >= 0.3 is 0 Å². The second-order valence-electron chi connectivity index (χ2n) is 5.16. The highest BCUT2D eigenvalue weighted by molar-refractivity contribution is 7.91. The van der Waals surface area contributed by atoms with Crippen molar-refractivity contribution in [1.82, 2.24) is 5.32 Å². The summed E-state index contributed by atoms with van der Waals surface area (Å²) >= 11 is 0. The van der Waals surface area contributed by atoms with Crippen LogP contribution < -0.4 is 5.32 Å². The molecular weight excluding hydrogens is 234 g/mol. The van der Waals surface area contributed by atoms with E-state index < -0.39 is 9.84 Å². The highest BCUT2D eigenvalue weighted by atomic mass is 32.2. The van der Waals surface area contributed by atoms with Crippen molar-refractivity contribution in [3.05, 3.63) is 0 Å². The number of hydrogen-bond acceptors (Lipinski definition) is 3. The maximum absolute atomic E-state index is 11.6. The van der Waals surface area contributed by atoms with Gasteiger partial charge in [-0.05, 0) is 38.3 Å². The van der Waals surface area contributed by atoms with E-state index in [4.69, 9.17) is 0 Å². The Hall–Kier alpha value is -0.0900. The summed E-state index contributed by atoms with van der Waals surface area (Å²) in [5.41, 5.74) is 0. The highest BCUT2D eigenvalue weighted by Gasteiger charge is 2.09. The Morgan fingerprint density at radius 3 is 2.12 bits per heavy atom. The van der Waals surface area contributed by atoms with Gasteiger partial charge in [0, 0.05) is 0 Å². The predicted molar refractivity (Wildman–Crippen MR) is 75.1 cm³/mol. The van der Waals surface area contributed by atoms with Crippen molar-refractivity contribution in [2.24, 2.45) is 5.92 Å². The molecule has 0 amide bonds. The van der Waals surface area contributed by atoms with Gasteiger partial charge in [-0.1, -0.05) is 33.6 Å². The monoisotopic (exact) mass is 263 g/mol. The topological polar surface area (TPSA) is 46.2 Å². The molecule has 0 aromatic rings. The summed E-state index contributed by atoms with van der Waals surface area (Å²) in [6.07, 6.45) is 4.67. The third kappa shape index (κ3) is 12.2. The zero-order valence-corrected chi connectivity index (χ0v) is 12.5. The third-order valence-corrected chi connectivity index (χ3v) is 4.49. The molecule has 0 aliphatic rings. The molecule has 0 heterocycles. The lowest BCUT2D eigenvalue weighted by Crippen LogP contribution is -2.21. The van der Waals surface area contributed by atoms with Crippen LogP contribution in [0.5, 0.6) is 0 Å². The average Bonchev–Trinajstić information content (AvgIpc) is 2.23. The first-order valence-electron chi connectivity index (χ1n) is 6.89. The Bertz CT molecular complexity index is 261. The van der Waals surface area contributed by atoms with E-state index in [-0.39, 0.29) is 0 Å². The van der Waals surface area contributed by atoms with Gasteiger partial charge in [-0.15, -0.1) is 0 Å². The lowest BCUT2D eigenvalue weighted by atomic mass is 10.2. The van der Waals surface area contributed by atoms with Crippen molar-refractivity contribution in [2.45, 2.75) is 52.9 Å². The summed E-state index contributed by atoms with van der Waals surface area (Å²) in [6.45, 7) is 8.38. The second-order valence-corrected chi connectivity index (χ2v) is 7.47. The van der Waals surface area contributed by atoms with E-state index in [2.05, 4.69) is 26.1 Å². The van der Waals surface area contributed by atoms with Crippen molar-refractivity contribution in [1.29, 1.82) is 0 Å². The molecule has 0 aromatic heterocycles. The van der Waals surface area contributed by atoms with Gasteiger partial charge in [-0.2, -0.15) is 0 Å². The van der Waals surface area contributed by atoms with E-state index in [9.17, 15) is 8.42 Å². The smallest absolute Gasteiger partial charge is 0.150 e. The average molecular weight is 263 g/mol. The van der Waals surface area contributed by atoms with Crippen molar-refractivity contribution >= 4 is 9.84 Å². The van der Waals surface area contributed by atoms with Crippen molar-refractivity contribution in [2.75, 3.05) is 24.6 Å². The summed E-state index contributed by atoms with van der Waals surface area (Å²) in [5, 5.41) is 3.33. The van der Waals surface area contributed by atoms with Gasteiger partial charge in [0.25, 0.3) is 0 Å². The Kier molecular flexibility index (Phi) is 9.84. The van der Waals surface area contributed by atoms with Gasteiger partial charge in [0.1, 0.15) is 9.84 Å². The van der Waals surface area contributed by atoms with Gasteiger partial charge in [-0.25, -0.2) is 8.42 Å². The first kappa shape index (κ1) is 16.9. The Balaban J connectivity index is 3.46. The normalized spacial score (nSPS) is 12.2. The van der Waals surface area contributed by atoms with Crippen LogP contribution >= 0.6 is 0 Å². The van der Waals surface area contributed by atoms with Crippen LogP contribution in [0.25, 0.3) is 0 Å². The summed E-state index contributed by atoms with van der Waals surface area (Å²) in [4.78, 5) is 0. The van der Waals surface area contributed by atoms with Crippen LogP contribution in [0.4, 0.5) is 0 Å². The number of rotatable bonds is 11. The Morgan fingerprint density at radius 2 is 1.59 bits per heavy atom. The minimum absolute atomic E-state index is 0.361. The molecule has 4 heteroatoms. The van der Waals surface area contributed by atoms with Crippen LogP contribution in [0.2, 0.25) is 0 Å². The predicted octanol–water partition coefficient (Wildman–Crippen LogP) is 2.62.